The molecule has 6 heteroatoms. The lowest BCUT2D eigenvalue weighted by molar-refractivity contribution is 0.0702. The van der Waals surface area contributed by atoms with Gasteiger partial charge in [-0.1, -0.05) is 15.9 Å². The summed E-state index contributed by atoms with van der Waals surface area (Å²) < 4.78 is 13.7. The van der Waals surface area contributed by atoms with E-state index in [-0.39, 0.29) is 10.7 Å². The lowest BCUT2D eigenvalue weighted by atomic mass is 10.2. The molecule has 1 heterocycles. The molecule has 2 aromatic rings. The summed E-state index contributed by atoms with van der Waals surface area (Å²) in [6.07, 6.45) is 1.26. The molecule has 0 saturated heterocycles. The zero-order valence-electron chi connectivity index (χ0n) is 7.78. The second-order valence-corrected chi connectivity index (χ2v) is 4.84. The van der Waals surface area contributed by atoms with Crippen molar-refractivity contribution in [2.24, 2.45) is 0 Å². The Labute approximate surface area is 103 Å². The van der Waals surface area contributed by atoms with Gasteiger partial charge in [-0.25, -0.2) is 14.2 Å². The summed E-state index contributed by atoms with van der Waals surface area (Å²) in [5.74, 6) is -1.42. The number of benzene rings is 1. The average Bonchev–Trinajstić information content (AvgIpc) is 2.70. The molecule has 0 atom stereocenters. The van der Waals surface area contributed by atoms with Crippen LogP contribution in [0.15, 0.2) is 28.9 Å². The molecular weight excluding hydrogens is 297 g/mol. The molecule has 0 unspecified atom stereocenters. The molecule has 0 aliphatic rings. The highest BCUT2D eigenvalue weighted by atomic mass is 79.9. The number of aromatic carboxylic acids is 1. The molecule has 1 aromatic carbocycles. The molecule has 1 aromatic heterocycles. The van der Waals surface area contributed by atoms with E-state index < -0.39 is 5.97 Å². The van der Waals surface area contributed by atoms with Crippen molar-refractivity contribution in [3.05, 3.63) is 39.6 Å². The third-order valence-electron chi connectivity index (χ3n) is 1.88. The Morgan fingerprint density at radius 2 is 2.25 bits per heavy atom. The normalized spacial score (nSPS) is 10.4. The van der Waals surface area contributed by atoms with Crippen LogP contribution in [0.5, 0.6) is 0 Å². The topological polar surface area (TPSA) is 50.2 Å². The summed E-state index contributed by atoms with van der Waals surface area (Å²) in [5.41, 5.74) is 0.553. The van der Waals surface area contributed by atoms with Crippen LogP contribution in [-0.2, 0) is 0 Å². The fourth-order valence-electron chi connectivity index (χ4n) is 1.16. The van der Waals surface area contributed by atoms with Crippen LogP contribution in [0.2, 0.25) is 0 Å². The van der Waals surface area contributed by atoms with Gasteiger partial charge in [-0.15, -0.1) is 11.3 Å². The smallest absolute Gasteiger partial charge is 0.347 e. The molecule has 3 nitrogen and oxygen atoms in total. The van der Waals surface area contributed by atoms with Crippen LogP contribution in [0.3, 0.4) is 0 Å². The summed E-state index contributed by atoms with van der Waals surface area (Å²) in [6.45, 7) is 0. The van der Waals surface area contributed by atoms with Crippen molar-refractivity contribution in [2.45, 2.75) is 0 Å². The number of nitrogens with zero attached hydrogens (tertiary/aromatic N) is 1. The average molecular weight is 302 g/mol. The van der Waals surface area contributed by atoms with Gasteiger partial charge in [-0.05, 0) is 18.2 Å². The molecule has 0 spiro atoms. The summed E-state index contributed by atoms with van der Waals surface area (Å²) in [5, 5.41) is 9.23. The van der Waals surface area contributed by atoms with Crippen molar-refractivity contribution in [1.29, 1.82) is 0 Å². The number of carboxylic acids is 1. The van der Waals surface area contributed by atoms with Crippen molar-refractivity contribution >= 4 is 33.2 Å². The molecule has 0 bridgehead atoms. The van der Waals surface area contributed by atoms with E-state index in [1.54, 1.807) is 6.07 Å². The van der Waals surface area contributed by atoms with Crippen LogP contribution in [-0.4, -0.2) is 16.1 Å². The first-order valence-corrected chi connectivity index (χ1v) is 5.83. The van der Waals surface area contributed by atoms with Gasteiger partial charge in [0, 0.05) is 10.0 Å². The third-order valence-corrected chi connectivity index (χ3v) is 3.59. The van der Waals surface area contributed by atoms with Gasteiger partial charge in [0.05, 0.1) is 6.20 Å². The predicted molar refractivity (Wildman–Crippen MR) is 62.2 cm³/mol. The first-order chi connectivity index (χ1) is 7.58. The summed E-state index contributed by atoms with van der Waals surface area (Å²) >= 11 is 4.28. The number of hydrogen-bond acceptors (Lipinski definition) is 3. The van der Waals surface area contributed by atoms with Crippen LogP contribution < -0.4 is 0 Å². The number of carbonyl (C=O) groups is 1. The zero-order valence-corrected chi connectivity index (χ0v) is 10.2. The zero-order chi connectivity index (χ0) is 11.7. The maximum atomic E-state index is 13.0. The van der Waals surface area contributed by atoms with Gasteiger partial charge in [-0.3, -0.25) is 0 Å². The third kappa shape index (κ3) is 2.12. The van der Waals surface area contributed by atoms with E-state index in [4.69, 9.17) is 5.11 Å². The van der Waals surface area contributed by atoms with Crippen molar-refractivity contribution in [2.75, 3.05) is 0 Å². The van der Waals surface area contributed by atoms with E-state index in [1.807, 2.05) is 0 Å². The number of carboxylic acid groups (broad SMARTS) is 1. The molecule has 0 fully saturated rings. The van der Waals surface area contributed by atoms with Crippen LogP contribution >= 0.6 is 27.3 Å². The highest BCUT2D eigenvalue weighted by molar-refractivity contribution is 9.10. The Morgan fingerprint density at radius 3 is 2.88 bits per heavy atom. The number of rotatable bonds is 2. The molecule has 0 radical (unpaired) electrons. The van der Waals surface area contributed by atoms with Crippen LogP contribution in [0.1, 0.15) is 9.67 Å². The van der Waals surface area contributed by atoms with Crippen LogP contribution in [0.4, 0.5) is 4.39 Å². The van der Waals surface area contributed by atoms with Gasteiger partial charge in [0.2, 0.25) is 0 Å². The first-order valence-electron chi connectivity index (χ1n) is 4.22. The molecule has 0 aliphatic carbocycles. The van der Waals surface area contributed by atoms with E-state index in [9.17, 15) is 9.18 Å². The van der Waals surface area contributed by atoms with Crippen molar-refractivity contribution in [3.63, 3.8) is 0 Å². The summed E-state index contributed by atoms with van der Waals surface area (Å²) in [4.78, 5) is 14.8. The molecular formula is C10H5BrFNO2S. The van der Waals surface area contributed by atoms with Gasteiger partial charge >= 0.3 is 5.97 Å². The Morgan fingerprint density at radius 1 is 1.50 bits per heavy atom. The molecule has 16 heavy (non-hydrogen) atoms. The predicted octanol–water partition coefficient (Wildman–Crippen LogP) is 3.41. The minimum absolute atomic E-state index is 0.131. The molecule has 0 amide bonds. The highest BCUT2D eigenvalue weighted by Crippen LogP contribution is 2.31. The number of aromatic nitrogens is 1. The van der Waals surface area contributed by atoms with Gasteiger partial charge in [-0.2, -0.15) is 0 Å². The Hall–Kier alpha value is -1.27. The number of halogens is 2. The first kappa shape index (κ1) is 11.2. The van der Waals surface area contributed by atoms with E-state index >= 15 is 0 Å². The Kier molecular flexibility index (Phi) is 3.02. The second kappa shape index (κ2) is 4.31. The van der Waals surface area contributed by atoms with Crippen molar-refractivity contribution < 1.29 is 14.3 Å². The lowest BCUT2D eigenvalue weighted by Crippen LogP contribution is -1.89. The minimum Gasteiger partial charge on any atom is -0.477 e. The van der Waals surface area contributed by atoms with Gasteiger partial charge < -0.3 is 5.11 Å². The maximum Gasteiger partial charge on any atom is 0.347 e. The van der Waals surface area contributed by atoms with Gasteiger partial charge in [0.15, 0.2) is 0 Å². The molecule has 2 rings (SSSR count). The van der Waals surface area contributed by atoms with E-state index in [0.717, 1.165) is 11.3 Å². The van der Waals surface area contributed by atoms with E-state index in [1.165, 1.54) is 18.3 Å². The summed E-state index contributed by atoms with van der Waals surface area (Å²) in [7, 11) is 0. The second-order valence-electron chi connectivity index (χ2n) is 2.96. The fourth-order valence-corrected chi connectivity index (χ4v) is 2.51. The molecule has 1 N–H and O–H groups in total. The fraction of sp³-hybridized carbons (Fsp3) is 0. The van der Waals surface area contributed by atoms with Crippen molar-refractivity contribution in [3.8, 4) is 10.6 Å². The quantitative estimate of drug-likeness (QED) is 0.925. The van der Waals surface area contributed by atoms with Crippen LogP contribution in [0.25, 0.3) is 10.6 Å². The number of hydrogen-bond donors (Lipinski definition) is 1. The highest BCUT2D eigenvalue weighted by Gasteiger charge is 2.12. The van der Waals surface area contributed by atoms with Crippen LogP contribution in [0, 0.1) is 5.82 Å². The maximum absolute atomic E-state index is 13.0. The van der Waals surface area contributed by atoms with Gasteiger partial charge in [0.1, 0.15) is 15.7 Å². The van der Waals surface area contributed by atoms with E-state index in [2.05, 4.69) is 20.9 Å². The summed E-state index contributed by atoms with van der Waals surface area (Å²) in [6, 6.07) is 4.19. The SMILES string of the molecule is O=C(O)c1cnc(-c2cc(F)ccc2Br)s1. The Bertz CT molecular complexity index is 556. The number of thiazole rings is 1. The molecule has 0 aliphatic heterocycles. The lowest BCUT2D eigenvalue weighted by Gasteiger charge is -1.99. The molecule has 82 valence electrons. The molecule has 0 saturated carbocycles. The monoisotopic (exact) mass is 301 g/mol. The van der Waals surface area contributed by atoms with Gasteiger partial charge in [0.25, 0.3) is 0 Å². The standard InChI is InChI=1S/C10H5BrFNO2S/c11-7-2-1-5(12)3-6(7)9-13-4-8(16-9)10(14)15/h1-4H,(H,14,15). The largest absolute Gasteiger partial charge is 0.477 e. The van der Waals surface area contributed by atoms with E-state index in [0.29, 0.717) is 15.0 Å². The Balaban J connectivity index is 2.50. The van der Waals surface area contributed by atoms with Crippen molar-refractivity contribution in [1.82, 2.24) is 4.98 Å². The minimum atomic E-state index is -1.03.